The predicted octanol–water partition coefficient (Wildman–Crippen LogP) is 4.14. The van der Waals surface area contributed by atoms with Crippen LogP contribution in [0.25, 0.3) is 10.2 Å². The van der Waals surface area contributed by atoms with E-state index >= 15 is 0 Å². The minimum atomic E-state index is 0.582. The van der Waals surface area contributed by atoms with Crippen LogP contribution in [0, 0.1) is 0 Å². The molecular formula is C17H19N3OS2. The van der Waals surface area contributed by atoms with Gasteiger partial charge in [0.05, 0.1) is 28.9 Å². The minimum Gasteiger partial charge on any atom is -0.497 e. The molecule has 1 fully saturated rings. The van der Waals surface area contributed by atoms with Gasteiger partial charge in [-0.25, -0.2) is 9.97 Å². The normalized spacial score (nSPS) is 19.3. The van der Waals surface area contributed by atoms with Gasteiger partial charge in [-0.05, 0) is 37.6 Å². The van der Waals surface area contributed by atoms with Gasteiger partial charge in [-0.3, -0.25) is 4.90 Å². The van der Waals surface area contributed by atoms with Crippen LogP contribution in [0.3, 0.4) is 0 Å². The average molecular weight is 345 g/mol. The molecule has 0 N–H and O–H groups in total. The standard InChI is InChI=1S/C17H19N3OS2/c1-21-13-4-5-14-15(9-13)23-16(19-14)11-20-7-2-3-12(10-20)17-18-6-8-22-17/h4-6,8-9,12H,2-3,7,10-11H2,1H3/t12-/m0/s1. The lowest BCUT2D eigenvalue weighted by molar-refractivity contribution is 0.200. The van der Waals surface area contributed by atoms with Crippen LogP contribution < -0.4 is 4.74 Å². The zero-order valence-corrected chi connectivity index (χ0v) is 14.7. The van der Waals surface area contributed by atoms with Crippen LogP contribution in [0.4, 0.5) is 0 Å². The van der Waals surface area contributed by atoms with Crippen LogP contribution in [0.2, 0.25) is 0 Å². The topological polar surface area (TPSA) is 38.2 Å². The van der Waals surface area contributed by atoms with Gasteiger partial charge < -0.3 is 4.74 Å². The largest absolute Gasteiger partial charge is 0.497 e. The highest BCUT2D eigenvalue weighted by Crippen LogP contribution is 2.31. The van der Waals surface area contributed by atoms with E-state index in [1.807, 2.05) is 18.3 Å². The Balaban J connectivity index is 1.49. The summed E-state index contributed by atoms with van der Waals surface area (Å²) in [5, 5.41) is 4.55. The summed E-state index contributed by atoms with van der Waals surface area (Å²) in [7, 11) is 1.70. The SMILES string of the molecule is COc1ccc2nc(CN3CCC[C@H](c4nccs4)C3)sc2c1. The third kappa shape index (κ3) is 3.24. The number of methoxy groups -OCH3 is 1. The first-order chi connectivity index (χ1) is 11.3. The third-order valence-electron chi connectivity index (χ3n) is 4.30. The molecule has 0 unspecified atom stereocenters. The number of hydrogen-bond donors (Lipinski definition) is 0. The Morgan fingerprint density at radius 1 is 1.39 bits per heavy atom. The Morgan fingerprint density at radius 2 is 2.35 bits per heavy atom. The molecule has 3 heterocycles. The van der Waals surface area contributed by atoms with Gasteiger partial charge in [0.25, 0.3) is 0 Å². The number of thiazole rings is 2. The molecule has 0 aliphatic carbocycles. The van der Waals surface area contributed by atoms with Crippen molar-refractivity contribution in [2.75, 3.05) is 20.2 Å². The fraction of sp³-hybridized carbons (Fsp3) is 0.412. The molecule has 1 saturated heterocycles. The molecule has 2 aromatic heterocycles. The molecule has 1 aliphatic rings. The monoisotopic (exact) mass is 345 g/mol. The number of ether oxygens (including phenoxy) is 1. The number of rotatable bonds is 4. The molecule has 120 valence electrons. The van der Waals surface area contributed by atoms with Crippen molar-refractivity contribution in [3.05, 3.63) is 39.8 Å². The Labute approximate surface area is 143 Å². The number of hydrogen-bond acceptors (Lipinski definition) is 6. The van der Waals surface area contributed by atoms with E-state index in [4.69, 9.17) is 9.72 Å². The van der Waals surface area contributed by atoms with Gasteiger partial charge in [-0.15, -0.1) is 22.7 Å². The molecule has 23 heavy (non-hydrogen) atoms. The number of aromatic nitrogens is 2. The van der Waals surface area contributed by atoms with Crippen molar-refractivity contribution in [1.29, 1.82) is 0 Å². The molecule has 1 aromatic carbocycles. The maximum Gasteiger partial charge on any atom is 0.120 e. The summed E-state index contributed by atoms with van der Waals surface area (Å²) in [5.74, 6) is 1.48. The lowest BCUT2D eigenvalue weighted by Crippen LogP contribution is -2.33. The summed E-state index contributed by atoms with van der Waals surface area (Å²) in [5.41, 5.74) is 1.07. The number of fused-ring (bicyclic) bond motifs is 1. The highest BCUT2D eigenvalue weighted by molar-refractivity contribution is 7.18. The van der Waals surface area contributed by atoms with E-state index in [0.29, 0.717) is 5.92 Å². The Morgan fingerprint density at radius 3 is 3.17 bits per heavy atom. The summed E-state index contributed by atoms with van der Waals surface area (Å²) in [6.45, 7) is 3.18. The minimum absolute atomic E-state index is 0.582. The van der Waals surface area contributed by atoms with E-state index in [9.17, 15) is 0 Å². The maximum atomic E-state index is 5.30. The Kier molecular flexibility index (Phi) is 4.29. The van der Waals surface area contributed by atoms with E-state index in [-0.39, 0.29) is 0 Å². The zero-order chi connectivity index (χ0) is 15.6. The second-order valence-electron chi connectivity index (χ2n) is 5.89. The van der Waals surface area contributed by atoms with Gasteiger partial charge in [0, 0.05) is 24.0 Å². The van der Waals surface area contributed by atoms with E-state index < -0.39 is 0 Å². The number of nitrogens with zero attached hydrogens (tertiary/aromatic N) is 3. The number of likely N-dealkylation sites (tertiary alicyclic amines) is 1. The van der Waals surface area contributed by atoms with Crippen molar-refractivity contribution >= 4 is 32.9 Å². The van der Waals surface area contributed by atoms with Crippen molar-refractivity contribution < 1.29 is 4.74 Å². The number of benzene rings is 1. The highest BCUT2D eigenvalue weighted by Gasteiger charge is 2.23. The van der Waals surface area contributed by atoms with Gasteiger partial charge in [0.1, 0.15) is 10.8 Å². The van der Waals surface area contributed by atoms with Crippen molar-refractivity contribution in [3.8, 4) is 5.75 Å². The first-order valence-corrected chi connectivity index (χ1v) is 9.56. The van der Waals surface area contributed by atoms with E-state index in [2.05, 4.69) is 21.3 Å². The number of piperidine rings is 1. The van der Waals surface area contributed by atoms with Gasteiger partial charge in [-0.2, -0.15) is 0 Å². The molecule has 0 radical (unpaired) electrons. The van der Waals surface area contributed by atoms with Crippen molar-refractivity contribution in [2.24, 2.45) is 0 Å². The quantitative estimate of drug-likeness (QED) is 0.712. The molecule has 4 nitrogen and oxygen atoms in total. The summed E-state index contributed by atoms with van der Waals surface area (Å²) >= 11 is 3.55. The smallest absolute Gasteiger partial charge is 0.120 e. The van der Waals surface area contributed by atoms with E-state index in [1.54, 1.807) is 29.8 Å². The zero-order valence-electron chi connectivity index (χ0n) is 13.1. The summed E-state index contributed by atoms with van der Waals surface area (Å²) in [6, 6.07) is 6.10. The second kappa shape index (κ2) is 6.55. The molecule has 4 rings (SSSR count). The predicted molar refractivity (Wildman–Crippen MR) is 95.5 cm³/mol. The molecule has 0 saturated carbocycles. The van der Waals surface area contributed by atoms with Crippen LogP contribution >= 0.6 is 22.7 Å². The van der Waals surface area contributed by atoms with Crippen LogP contribution in [0.15, 0.2) is 29.8 Å². The summed E-state index contributed by atoms with van der Waals surface area (Å²) in [4.78, 5) is 11.8. The molecule has 3 aromatic rings. The van der Waals surface area contributed by atoms with Crippen LogP contribution in [-0.4, -0.2) is 35.1 Å². The average Bonchev–Trinajstić information content (AvgIpc) is 3.23. The van der Waals surface area contributed by atoms with Crippen molar-refractivity contribution in [2.45, 2.75) is 25.3 Å². The van der Waals surface area contributed by atoms with Crippen LogP contribution in [0.5, 0.6) is 5.75 Å². The van der Waals surface area contributed by atoms with Gasteiger partial charge in [-0.1, -0.05) is 0 Å². The molecule has 6 heteroatoms. The lowest BCUT2D eigenvalue weighted by Gasteiger charge is -2.31. The van der Waals surface area contributed by atoms with Crippen molar-refractivity contribution in [3.63, 3.8) is 0 Å². The Hall–Kier alpha value is -1.50. The van der Waals surface area contributed by atoms with Gasteiger partial charge in [0.15, 0.2) is 0 Å². The first-order valence-electron chi connectivity index (χ1n) is 7.87. The van der Waals surface area contributed by atoms with E-state index in [1.165, 1.54) is 27.6 Å². The van der Waals surface area contributed by atoms with Crippen molar-refractivity contribution in [1.82, 2.24) is 14.9 Å². The molecule has 0 bridgehead atoms. The van der Waals surface area contributed by atoms with Gasteiger partial charge >= 0.3 is 0 Å². The molecule has 1 atom stereocenters. The van der Waals surface area contributed by atoms with E-state index in [0.717, 1.165) is 30.9 Å². The maximum absolute atomic E-state index is 5.30. The van der Waals surface area contributed by atoms with Crippen LogP contribution in [0.1, 0.15) is 28.8 Å². The molecule has 1 aliphatic heterocycles. The lowest BCUT2D eigenvalue weighted by atomic mass is 9.99. The first kappa shape index (κ1) is 15.1. The molecule has 0 amide bonds. The fourth-order valence-electron chi connectivity index (χ4n) is 3.18. The Bertz CT molecular complexity index is 784. The molecule has 0 spiro atoms. The van der Waals surface area contributed by atoms with Crippen LogP contribution in [-0.2, 0) is 6.54 Å². The highest BCUT2D eigenvalue weighted by atomic mass is 32.1. The third-order valence-corrected chi connectivity index (χ3v) is 6.25. The van der Waals surface area contributed by atoms with Gasteiger partial charge in [0.2, 0.25) is 0 Å². The second-order valence-corrected chi connectivity index (χ2v) is 7.93. The molecular weight excluding hydrogens is 326 g/mol. The summed E-state index contributed by atoms with van der Waals surface area (Å²) in [6.07, 6.45) is 4.41. The summed E-state index contributed by atoms with van der Waals surface area (Å²) < 4.78 is 6.50. The fourth-order valence-corrected chi connectivity index (χ4v) is 4.98.